The van der Waals surface area contributed by atoms with E-state index in [-0.39, 0.29) is 36.0 Å². The Kier molecular flexibility index (Phi) is 5.42. The van der Waals surface area contributed by atoms with Gasteiger partial charge in [-0.1, -0.05) is 54.6 Å². The third kappa shape index (κ3) is 4.00. The Labute approximate surface area is 123 Å². The van der Waals surface area contributed by atoms with Gasteiger partial charge >= 0.3 is 29.6 Å². The van der Waals surface area contributed by atoms with Crippen LogP contribution in [0.15, 0.2) is 54.6 Å². The summed E-state index contributed by atoms with van der Waals surface area (Å²) in [5.41, 5.74) is 2.88. The third-order valence-corrected chi connectivity index (χ3v) is 2.38. The zero-order valence-corrected chi connectivity index (χ0v) is 11.7. The molecule has 0 fully saturated rings. The first-order valence-electron chi connectivity index (χ1n) is 5.10. The second-order valence-corrected chi connectivity index (χ2v) is 3.62. The van der Waals surface area contributed by atoms with Crippen molar-refractivity contribution < 1.29 is 39.5 Å². The summed E-state index contributed by atoms with van der Waals surface area (Å²) in [6.45, 7) is 0. The van der Waals surface area contributed by atoms with Gasteiger partial charge in [-0.25, -0.2) is 0 Å². The van der Waals surface area contributed by atoms with Gasteiger partial charge in [0.2, 0.25) is 0 Å². The normalized spacial score (nSPS) is 9.41. The molecule has 0 aromatic heterocycles. The molecule has 0 spiro atoms. The molecule has 3 heteroatoms. The third-order valence-electron chi connectivity index (χ3n) is 2.38. The van der Waals surface area contributed by atoms with Crippen LogP contribution in [0.4, 0.5) is 0 Å². The van der Waals surface area contributed by atoms with Crippen LogP contribution in [-0.4, -0.2) is 5.97 Å². The minimum atomic E-state index is -1.05. The van der Waals surface area contributed by atoms with E-state index in [0.717, 1.165) is 16.7 Å². The van der Waals surface area contributed by atoms with E-state index >= 15 is 0 Å². The quantitative estimate of drug-likeness (QED) is 0.616. The molecule has 2 aromatic carbocycles. The van der Waals surface area contributed by atoms with Crippen LogP contribution in [0, 0.1) is 0 Å². The number of carboxylic acid groups (broad SMARTS) is 1. The van der Waals surface area contributed by atoms with Gasteiger partial charge in [0.05, 0.1) is 0 Å². The molecule has 2 rings (SSSR count). The van der Waals surface area contributed by atoms with Crippen LogP contribution in [0.3, 0.4) is 0 Å². The fourth-order valence-corrected chi connectivity index (χ4v) is 1.66. The van der Waals surface area contributed by atoms with Crippen LogP contribution in [0.5, 0.6) is 0 Å². The number of carbonyl (C=O) groups is 1. The van der Waals surface area contributed by atoms with Gasteiger partial charge in [-0.15, -0.1) is 0 Å². The van der Waals surface area contributed by atoms with Crippen LogP contribution in [0.1, 0.15) is 5.56 Å². The first kappa shape index (κ1) is 14.0. The Morgan fingerprint density at radius 3 is 2.24 bits per heavy atom. The first-order valence-corrected chi connectivity index (χ1v) is 5.10. The summed E-state index contributed by atoms with van der Waals surface area (Å²) in [5.74, 6) is -1.05. The molecular formula is C14H11NaO2. The zero-order chi connectivity index (χ0) is 11.4. The molecule has 0 unspecified atom stereocenters. The fourth-order valence-electron chi connectivity index (χ4n) is 1.66. The molecular weight excluding hydrogens is 223 g/mol. The van der Waals surface area contributed by atoms with Gasteiger partial charge in [-0.05, 0) is 16.7 Å². The molecule has 0 amide bonds. The number of carboxylic acids is 1. The molecule has 80 valence electrons. The largest absolute Gasteiger partial charge is 1.00 e. The van der Waals surface area contributed by atoms with Gasteiger partial charge in [0.15, 0.2) is 0 Å². The zero-order valence-electron chi connectivity index (χ0n) is 9.72. The molecule has 0 heterocycles. The van der Waals surface area contributed by atoms with Crippen molar-refractivity contribution >= 4 is 5.97 Å². The van der Waals surface area contributed by atoms with E-state index in [0.29, 0.717) is 0 Å². The Bertz CT molecular complexity index is 495. The molecule has 0 aliphatic heterocycles. The molecule has 0 aliphatic carbocycles. The molecule has 0 aliphatic rings. The predicted molar refractivity (Wildman–Crippen MR) is 60.6 cm³/mol. The summed E-state index contributed by atoms with van der Waals surface area (Å²) in [7, 11) is 0. The van der Waals surface area contributed by atoms with Crippen molar-refractivity contribution in [3.05, 3.63) is 60.2 Å². The second-order valence-electron chi connectivity index (χ2n) is 3.62. The molecule has 0 saturated carbocycles. The van der Waals surface area contributed by atoms with Crippen molar-refractivity contribution in [1.82, 2.24) is 0 Å². The molecule has 0 radical (unpaired) electrons. The van der Waals surface area contributed by atoms with Gasteiger partial charge in [-0.2, -0.15) is 0 Å². The number of benzene rings is 2. The van der Waals surface area contributed by atoms with E-state index < -0.39 is 5.97 Å². The minimum Gasteiger partial charge on any atom is -0.550 e. The van der Waals surface area contributed by atoms with E-state index in [1.807, 2.05) is 48.5 Å². The topological polar surface area (TPSA) is 40.1 Å². The van der Waals surface area contributed by atoms with Crippen LogP contribution in [0.25, 0.3) is 11.1 Å². The number of rotatable bonds is 3. The van der Waals surface area contributed by atoms with Gasteiger partial charge in [0.1, 0.15) is 0 Å². The summed E-state index contributed by atoms with van der Waals surface area (Å²) in [4.78, 5) is 10.5. The van der Waals surface area contributed by atoms with Crippen LogP contribution in [-0.2, 0) is 11.2 Å². The second kappa shape index (κ2) is 6.60. The maximum absolute atomic E-state index is 10.5. The van der Waals surface area contributed by atoms with E-state index in [1.165, 1.54) is 0 Å². The fraction of sp³-hybridized carbons (Fsp3) is 0.0714. The van der Waals surface area contributed by atoms with E-state index in [4.69, 9.17) is 0 Å². The van der Waals surface area contributed by atoms with E-state index in [2.05, 4.69) is 0 Å². The van der Waals surface area contributed by atoms with Crippen molar-refractivity contribution in [2.45, 2.75) is 6.42 Å². The van der Waals surface area contributed by atoms with E-state index in [9.17, 15) is 9.90 Å². The van der Waals surface area contributed by atoms with Crippen LogP contribution < -0.4 is 34.7 Å². The van der Waals surface area contributed by atoms with Crippen molar-refractivity contribution in [1.29, 1.82) is 0 Å². The first-order chi connectivity index (χ1) is 7.75. The summed E-state index contributed by atoms with van der Waals surface area (Å²) in [5, 5.41) is 10.5. The average Bonchev–Trinajstić information content (AvgIpc) is 2.30. The number of aliphatic carboxylic acids is 1. The maximum Gasteiger partial charge on any atom is 1.00 e. The average molecular weight is 234 g/mol. The maximum atomic E-state index is 10.5. The van der Waals surface area contributed by atoms with Gasteiger partial charge in [0, 0.05) is 12.4 Å². The van der Waals surface area contributed by atoms with Gasteiger partial charge < -0.3 is 9.90 Å². The number of carbonyl (C=O) groups excluding carboxylic acids is 1. The van der Waals surface area contributed by atoms with Gasteiger partial charge in [-0.3, -0.25) is 0 Å². The standard InChI is InChI=1S/C14H12O2.Na/c15-14(16)10-11-5-4-8-13(9-11)12-6-2-1-3-7-12;/h1-9H,10H2,(H,15,16);/q;+1/p-1. The summed E-state index contributed by atoms with van der Waals surface area (Å²) >= 11 is 0. The van der Waals surface area contributed by atoms with Crippen molar-refractivity contribution in [3.63, 3.8) is 0 Å². The SMILES string of the molecule is O=C([O-])Cc1cccc(-c2ccccc2)c1.[Na+]. The Morgan fingerprint density at radius 2 is 1.59 bits per heavy atom. The van der Waals surface area contributed by atoms with Crippen molar-refractivity contribution in [3.8, 4) is 11.1 Å². The molecule has 0 atom stereocenters. The molecule has 2 aromatic rings. The monoisotopic (exact) mass is 234 g/mol. The number of hydrogen-bond acceptors (Lipinski definition) is 2. The van der Waals surface area contributed by atoms with Crippen LogP contribution in [0.2, 0.25) is 0 Å². The molecule has 0 bridgehead atoms. The summed E-state index contributed by atoms with van der Waals surface area (Å²) in [6, 6.07) is 17.4. The minimum absolute atomic E-state index is 0. The Hall–Kier alpha value is -1.09. The van der Waals surface area contributed by atoms with Crippen molar-refractivity contribution in [2.24, 2.45) is 0 Å². The molecule has 2 nitrogen and oxygen atoms in total. The Balaban J connectivity index is 0.00000144. The van der Waals surface area contributed by atoms with Gasteiger partial charge in [0.25, 0.3) is 0 Å². The van der Waals surface area contributed by atoms with Crippen molar-refractivity contribution in [2.75, 3.05) is 0 Å². The van der Waals surface area contributed by atoms with E-state index in [1.54, 1.807) is 6.07 Å². The molecule has 0 saturated heterocycles. The molecule has 17 heavy (non-hydrogen) atoms. The van der Waals surface area contributed by atoms with Crippen LogP contribution >= 0.6 is 0 Å². The smallest absolute Gasteiger partial charge is 0.550 e. The molecule has 0 N–H and O–H groups in total. The summed E-state index contributed by atoms with van der Waals surface area (Å²) < 4.78 is 0. The Morgan fingerprint density at radius 1 is 0.941 bits per heavy atom. The summed E-state index contributed by atoms with van der Waals surface area (Å²) in [6.07, 6.45) is -0.0410. The number of hydrogen-bond donors (Lipinski definition) is 0. The predicted octanol–water partition coefficient (Wildman–Crippen LogP) is -1.35.